The van der Waals surface area contributed by atoms with Crippen molar-refractivity contribution in [1.82, 2.24) is 0 Å². The Bertz CT molecular complexity index is 480. The van der Waals surface area contributed by atoms with E-state index >= 15 is 0 Å². The summed E-state index contributed by atoms with van der Waals surface area (Å²) in [7, 11) is 0. The molecule has 0 atom stereocenters. The molecule has 3 heteroatoms. The van der Waals surface area contributed by atoms with E-state index < -0.39 is 0 Å². The minimum absolute atomic E-state index is 0.337. The third-order valence-corrected chi connectivity index (χ3v) is 3.25. The number of fused-ring (bicyclic) bond motifs is 1. The molecule has 0 unspecified atom stereocenters. The van der Waals surface area contributed by atoms with E-state index in [1.54, 1.807) is 6.07 Å². The van der Waals surface area contributed by atoms with Gasteiger partial charge in [0.2, 0.25) is 0 Å². The number of halogens is 2. The Morgan fingerprint density at radius 3 is 2.64 bits per heavy atom. The summed E-state index contributed by atoms with van der Waals surface area (Å²) in [5, 5.41) is 12.4. The van der Waals surface area contributed by atoms with E-state index in [2.05, 4.69) is 37.9 Å². The number of alkyl halides is 1. The van der Waals surface area contributed by atoms with Crippen molar-refractivity contribution in [3.63, 3.8) is 0 Å². The van der Waals surface area contributed by atoms with Crippen molar-refractivity contribution in [3.05, 3.63) is 40.4 Å². The average molecular weight is 316 g/mol. The number of phenols is 1. The molecule has 2 aromatic rings. The van der Waals surface area contributed by atoms with Gasteiger partial charge >= 0.3 is 0 Å². The van der Waals surface area contributed by atoms with Crippen molar-refractivity contribution in [2.45, 2.75) is 5.33 Å². The number of hydrogen-bond acceptors (Lipinski definition) is 1. The topological polar surface area (TPSA) is 20.2 Å². The second-order valence-corrected chi connectivity index (χ2v) is 4.59. The van der Waals surface area contributed by atoms with Crippen LogP contribution in [-0.2, 0) is 5.33 Å². The molecular formula is C11H8Br2O. The number of phenolic OH excluding ortho intramolecular Hbond substituents is 1. The van der Waals surface area contributed by atoms with Crippen LogP contribution in [-0.4, -0.2) is 5.11 Å². The van der Waals surface area contributed by atoms with Gasteiger partial charge in [-0.15, -0.1) is 0 Å². The summed E-state index contributed by atoms with van der Waals surface area (Å²) in [4.78, 5) is 0. The van der Waals surface area contributed by atoms with Gasteiger partial charge in [0.15, 0.2) is 0 Å². The summed E-state index contributed by atoms with van der Waals surface area (Å²) >= 11 is 6.78. The quantitative estimate of drug-likeness (QED) is 0.782. The van der Waals surface area contributed by atoms with Gasteiger partial charge in [-0.3, -0.25) is 0 Å². The minimum Gasteiger partial charge on any atom is -0.507 e. The van der Waals surface area contributed by atoms with E-state index in [1.807, 2.05) is 18.2 Å². The lowest BCUT2D eigenvalue weighted by atomic mass is 10.1. The number of benzene rings is 2. The first-order chi connectivity index (χ1) is 6.70. The Morgan fingerprint density at radius 2 is 1.93 bits per heavy atom. The molecule has 0 spiro atoms. The highest BCUT2D eigenvalue weighted by Gasteiger charge is 2.02. The van der Waals surface area contributed by atoms with Gasteiger partial charge in [0.05, 0.1) is 0 Å². The van der Waals surface area contributed by atoms with Crippen molar-refractivity contribution in [2.24, 2.45) is 0 Å². The fraction of sp³-hybridized carbons (Fsp3) is 0.0909. The van der Waals surface area contributed by atoms with Gasteiger partial charge in [-0.1, -0.05) is 31.9 Å². The largest absolute Gasteiger partial charge is 0.507 e. The maximum Gasteiger partial charge on any atom is 0.123 e. The van der Waals surface area contributed by atoms with E-state index in [4.69, 9.17) is 0 Å². The van der Waals surface area contributed by atoms with Crippen LogP contribution in [0.3, 0.4) is 0 Å². The molecule has 0 saturated heterocycles. The molecule has 0 fully saturated rings. The first-order valence-electron chi connectivity index (χ1n) is 4.18. The summed E-state index contributed by atoms with van der Waals surface area (Å²) in [6.07, 6.45) is 0. The highest BCUT2D eigenvalue weighted by Crippen LogP contribution is 2.29. The maximum atomic E-state index is 9.74. The highest BCUT2D eigenvalue weighted by molar-refractivity contribution is 9.10. The van der Waals surface area contributed by atoms with Crippen molar-refractivity contribution in [2.75, 3.05) is 0 Å². The SMILES string of the molecule is Oc1cc(CBr)cc2cc(Br)ccc12. The summed E-state index contributed by atoms with van der Waals surface area (Å²) < 4.78 is 1.02. The first-order valence-corrected chi connectivity index (χ1v) is 6.09. The van der Waals surface area contributed by atoms with Gasteiger partial charge in [0.1, 0.15) is 5.75 Å². The Balaban J connectivity index is 2.77. The zero-order chi connectivity index (χ0) is 10.1. The Hall–Kier alpha value is -0.540. The molecule has 0 amide bonds. The van der Waals surface area contributed by atoms with Gasteiger partial charge in [0, 0.05) is 15.2 Å². The Kier molecular flexibility index (Phi) is 2.79. The standard InChI is InChI=1S/C11H8Br2O/c12-6-7-3-8-5-9(13)1-2-10(8)11(14)4-7/h1-5,14H,6H2. The number of aromatic hydroxyl groups is 1. The third kappa shape index (κ3) is 1.79. The molecule has 14 heavy (non-hydrogen) atoms. The molecule has 1 N–H and O–H groups in total. The summed E-state index contributed by atoms with van der Waals surface area (Å²) in [6, 6.07) is 9.68. The molecule has 1 nitrogen and oxygen atoms in total. The predicted molar refractivity (Wildman–Crippen MR) is 65.9 cm³/mol. The average Bonchev–Trinajstić information content (AvgIpc) is 2.16. The van der Waals surface area contributed by atoms with Gasteiger partial charge in [-0.05, 0) is 41.3 Å². The Morgan fingerprint density at radius 1 is 1.14 bits per heavy atom. The van der Waals surface area contributed by atoms with Crippen molar-refractivity contribution in [3.8, 4) is 5.75 Å². The van der Waals surface area contributed by atoms with E-state index in [9.17, 15) is 5.11 Å². The second-order valence-electron chi connectivity index (χ2n) is 3.11. The molecule has 0 saturated carbocycles. The fourth-order valence-electron chi connectivity index (χ4n) is 1.46. The van der Waals surface area contributed by atoms with Crippen LogP contribution < -0.4 is 0 Å². The molecule has 0 radical (unpaired) electrons. The molecule has 0 aliphatic heterocycles. The Labute approximate surface area is 99.0 Å². The minimum atomic E-state index is 0.337. The van der Waals surface area contributed by atoms with Gasteiger partial charge in [-0.2, -0.15) is 0 Å². The highest BCUT2D eigenvalue weighted by atomic mass is 79.9. The molecule has 72 valence electrons. The second kappa shape index (κ2) is 3.91. The van der Waals surface area contributed by atoms with Gasteiger partial charge < -0.3 is 5.11 Å². The molecule has 2 aromatic carbocycles. The molecule has 0 aromatic heterocycles. The van der Waals surface area contributed by atoms with Crippen molar-refractivity contribution in [1.29, 1.82) is 0 Å². The molecule has 0 aliphatic carbocycles. The van der Waals surface area contributed by atoms with Crippen LogP contribution >= 0.6 is 31.9 Å². The number of hydrogen-bond donors (Lipinski definition) is 1. The molecular weight excluding hydrogens is 308 g/mol. The van der Waals surface area contributed by atoms with Crippen LogP contribution in [0.4, 0.5) is 0 Å². The van der Waals surface area contributed by atoms with Crippen molar-refractivity contribution < 1.29 is 5.11 Å². The maximum absolute atomic E-state index is 9.74. The smallest absolute Gasteiger partial charge is 0.123 e. The normalized spacial score (nSPS) is 10.7. The lowest BCUT2D eigenvalue weighted by Crippen LogP contribution is -1.80. The van der Waals surface area contributed by atoms with Crippen molar-refractivity contribution >= 4 is 42.6 Å². The summed E-state index contributed by atoms with van der Waals surface area (Å²) in [6.45, 7) is 0. The predicted octanol–water partition coefficient (Wildman–Crippen LogP) is 4.20. The lowest BCUT2D eigenvalue weighted by Gasteiger charge is -2.04. The van der Waals surface area contributed by atoms with E-state index in [0.29, 0.717) is 5.75 Å². The molecule has 0 bridgehead atoms. The van der Waals surface area contributed by atoms with Gasteiger partial charge in [0.25, 0.3) is 0 Å². The van der Waals surface area contributed by atoms with E-state index in [-0.39, 0.29) is 0 Å². The van der Waals surface area contributed by atoms with E-state index in [1.165, 1.54) is 0 Å². The first kappa shape index (κ1) is 9.99. The van der Waals surface area contributed by atoms with Crippen LogP contribution in [0.5, 0.6) is 5.75 Å². The van der Waals surface area contributed by atoms with Gasteiger partial charge in [-0.25, -0.2) is 0 Å². The zero-order valence-electron chi connectivity index (χ0n) is 7.30. The lowest BCUT2D eigenvalue weighted by molar-refractivity contribution is 0.481. The molecule has 0 aliphatic rings. The summed E-state index contributed by atoms with van der Waals surface area (Å²) in [5.41, 5.74) is 1.08. The van der Waals surface area contributed by atoms with Crippen LogP contribution in [0.15, 0.2) is 34.8 Å². The molecule has 0 heterocycles. The van der Waals surface area contributed by atoms with E-state index in [0.717, 1.165) is 26.1 Å². The van der Waals surface area contributed by atoms with Crippen LogP contribution in [0, 0.1) is 0 Å². The number of rotatable bonds is 1. The third-order valence-electron chi connectivity index (χ3n) is 2.11. The van der Waals surface area contributed by atoms with Crippen LogP contribution in [0.2, 0.25) is 0 Å². The zero-order valence-corrected chi connectivity index (χ0v) is 10.5. The monoisotopic (exact) mass is 314 g/mol. The fourth-order valence-corrected chi connectivity index (χ4v) is 2.16. The van der Waals surface area contributed by atoms with Crippen LogP contribution in [0.25, 0.3) is 10.8 Å². The van der Waals surface area contributed by atoms with Crippen LogP contribution in [0.1, 0.15) is 5.56 Å². The summed E-state index contributed by atoms with van der Waals surface area (Å²) in [5.74, 6) is 0.337. The molecule has 2 rings (SSSR count).